The van der Waals surface area contributed by atoms with Gasteiger partial charge in [-0.2, -0.15) is 0 Å². The molecule has 0 spiro atoms. The Labute approximate surface area is 122 Å². The van der Waals surface area contributed by atoms with Crippen LogP contribution in [0.4, 0.5) is 4.39 Å². The van der Waals surface area contributed by atoms with Gasteiger partial charge in [0.1, 0.15) is 5.82 Å². The van der Waals surface area contributed by atoms with Crippen LogP contribution in [0.25, 0.3) is 0 Å². The minimum absolute atomic E-state index is 0.310. The molecule has 0 aliphatic heterocycles. The summed E-state index contributed by atoms with van der Waals surface area (Å²) in [7, 11) is 0. The molecule has 0 aliphatic carbocycles. The Balaban J connectivity index is 2.18. The van der Waals surface area contributed by atoms with Crippen LogP contribution in [0.5, 0.6) is 0 Å². The number of benzene rings is 2. The van der Waals surface area contributed by atoms with Crippen LogP contribution in [0.15, 0.2) is 51.4 Å². The second-order valence-corrected chi connectivity index (χ2v) is 5.69. The van der Waals surface area contributed by atoms with Crippen molar-refractivity contribution in [2.75, 3.05) is 0 Å². The highest BCUT2D eigenvalue weighted by Gasteiger charge is 2.12. The molecular weight excluding hydrogens is 363 g/mol. The van der Waals surface area contributed by atoms with Gasteiger partial charge < -0.3 is 5.11 Å². The highest BCUT2D eigenvalue weighted by molar-refractivity contribution is 9.10. The lowest BCUT2D eigenvalue weighted by Crippen LogP contribution is -2.02. The molecular formula is C14H11Br2FO. The molecule has 2 aromatic rings. The summed E-state index contributed by atoms with van der Waals surface area (Å²) in [4.78, 5) is 0. The third-order valence-corrected chi connectivity index (χ3v) is 4.12. The molecule has 0 amide bonds. The molecule has 0 heterocycles. The van der Waals surface area contributed by atoms with Crippen LogP contribution in [0.1, 0.15) is 17.2 Å². The first-order chi connectivity index (χ1) is 8.58. The maximum absolute atomic E-state index is 13.4. The van der Waals surface area contributed by atoms with E-state index >= 15 is 0 Å². The summed E-state index contributed by atoms with van der Waals surface area (Å²) in [6.45, 7) is 0. The zero-order valence-corrected chi connectivity index (χ0v) is 12.6. The lowest BCUT2D eigenvalue weighted by molar-refractivity contribution is 0.178. The monoisotopic (exact) mass is 372 g/mol. The van der Waals surface area contributed by atoms with Crippen molar-refractivity contribution in [3.05, 3.63) is 68.4 Å². The normalized spacial score (nSPS) is 12.4. The largest absolute Gasteiger partial charge is 0.388 e. The average Bonchev–Trinajstić information content (AvgIpc) is 2.36. The van der Waals surface area contributed by atoms with E-state index in [1.54, 1.807) is 12.1 Å². The molecule has 2 aromatic carbocycles. The molecule has 2 rings (SSSR count). The first kappa shape index (κ1) is 13.7. The van der Waals surface area contributed by atoms with Crippen LogP contribution < -0.4 is 0 Å². The lowest BCUT2D eigenvalue weighted by Gasteiger charge is -2.12. The quantitative estimate of drug-likeness (QED) is 0.831. The molecule has 1 N–H and O–H groups in total. The zero-order chi connectivity index (χ0) is 13.1. The number of rotatable bonds is 3. The van der Waals surface area contributed by atoms with E-state index in [2.05, 4.69) is 31.9 Å². The predicted octanol–water partition coefficient (Wildman–Crippen LogP) is 4.63. The molecule has 1 unspecified atom stereocenters. The number of aliphatic hydroxyl groups excluding tert-OH is 1. The molecule has 18 heavy (non-hydrogen) atoms. The van der Waals surface area contributed by atoms with E-state index in [9.17, 15) is 9.50 Å². The minimum atomic E-state index is -0.642. The van der Waals surface area contributed by atoms with E-state index in [0.29, 0.717) is 10.9 Å². The van der Waals surface area contributed by atoms with Crippen molar-refractivity contribution in [1.29, 1.82) is 0 Å². The van der Waals surface area contributed by atoms with Crippen molar-refractivity contribution in [3.63, 3.8) is 0 Å². The van der Waals surface area contributed by atoms with E-state index in [1.165, 1.54) is 6.07 Å². The van der Waals surface area contributed by atoms with Gasteiger partial charge >= 0.3 is 0 Å². The molecule has 0 radical (unpaired) electrons. The van der Waals surface area contributed by atoms with Crippen molar-refractivity contribution in [3.8, 4) is 0 Å². The molecule has 0 saturated heterocycles. The molecule has 1 atom stereocenters. The van der Waals surface area contributed by atoms with Crippen molar-refractivity contribution < 1.29 is 9.50 Å². The smallest absolute Gasteiger partial charge is 0.137 e. The molecule has 0 aliphatic rings. The van der Waals surface area contributed by atoms with Gasteiger partial charge in [-0.3, -0.25) is 0 Å². The summed E-state index contributed by atoms with van der Waals surface area (Å²) in [6, 6.07) is 12.3. The van der Waals surface area contributed by atoms with Gasteiger partial charge in [0, 0.05) is 10.9 Å². The van der Waals surface area contributed by atoms with E-state index in [1.807, 2.05) is 24.3 Å². The summed E-state index contributed by atoms with van der Waals surface area (Å²) in [6.07, 6.45) is -0.267. The van der Waals surface area contributed by atoms with Gasteiger partial charge in [0.25, 0.3) is 0 Å². The fourth-order valence-electron chi connectivity index (χ4n) is 1.72. The second-order valence-electron chi connectivity index (χ2n) is 3.98. The van der Waals surface area contributed by atoms with Gasteiger partial charge in [-0.1, -0.05) is 40.2 Å². The fourth-order valence-corrected chi connectivity index (χ4v) is 2.41. The van der Waals surface area contributed by atoms with Crippen LogP contribution in [0.2, 0.25) is 0 Å². The Morgan fingerprint density at radius 3 is 2.39 bits per heavy atom. The summed E-state index contributed by atoms with van der Waals surface area (Å²) in [5, 5.41) is 10.1. The molecule has 0 fully saturated rings. The Hall–Kier alpha value is -0.710. The van der Waals surface area contributed by atoms with Crippen molar-refractivity contribution in [2.45, 2.75) is 12.5 Å². The van der Waals surface area contributed by atoms with Crippen LogP contribution in [-0.4, -0.2) is 5.11 Å². The molecule has 94 valence electrons. The predicted molar refractivity (Wildman–Crippen MR) is 76.9 cm³/mol. The van der Waals surface area contributed by atoms with Gasteiger partial charge in [0.2, 0.25) is 0 Å². The fraction of sp³-hybridized carbons (Fsp3) is 0.143. The molecule has 0 bridgehead atoms. The molecule has 0 saturated carbocycles. The highest BCUT2D eigenvalue weighted by atomic mass is 79.9. The van der Waals surface area contributed by atoms with Gasteiger partial charge in [0.15, 0.2) is 0 Å². The van der Waals surface area contributed by atoms with E-state index < -0.39 is 6.10 Å². The van der Waals surface area contributed by atoms with Crippen LogP contribution in [0.3, 0.4) is 0 Å². The number of aliphatic hydroxyl groups is 1. The summed E-state index contributed by atoms with van der Waals surface area (Å²) in [5.74, 6) is -0.310. The van der Waals surface area contributed by atoms with Crippen LogP contribution >= 0.6 is 31.9 Å². The summed E-state index contributed by atoms with van der Waals surface area (Å²) >= 11 is 6.54. The maximum atomic E-state index is 13.4. The average molecular weight is 374 g/mol. The zero-order valence-electron chi connectivity index (χ0n) is 9.41. The Morgan fingerprint density at radius 2 is 1.72 bits per heavy atom. The van der Waals surface area contributed by atoms with Crippen molar-refractivity contribution >= 4 is 31.9 Å². The molecule has 4 heteroatoms. The Kier molecular flexibility index (Phi) is 4.54. The van der Waals surface area contributed by atoms with E-state index in [0.717, 1.165) is 15.6 Å². The number of halogens is 3. The van der Waals surface area contributed by atoms with Gasteiger partial charge in [-0.25, -0.2) is 4.39 Å². The maximum Gasteiger partial charge on any atom is 0.137 e. The molecule has 1 nitrogen and oxygen atoms in total. The standard InChI is InChI=1S/C14H11Br2FO/c15-11-6-4-9(5-7-11)13(18)8-10-2-1-3-12(17)14(10)16/h1-7,13,18H,8H2. The summed E-state index contributed by atoms with van der Waals surface area (Å²) in [5.41, 5.74) is 1.57. The lowest BCUT2D eigenvalue weighted by atomic mass is 10.0. The highest BCUT2D eigenvalue weighted by Crippen LogP contribution is 2.26. The minimum Gasteiger partial charge on any atom is -0.388 e. The topological polar surface area (TPSA) is 20.2 Å². The summed E-state index contributed by atoms with van der Waals surface area (Å²) < 4.78 is 14.7. The van der Waals surface area contributed by atoms with Crippen LogP contribution in [-0.2, 0) is 6.42 Å². The van der Waals surface area contributed by atoms with E-state index in [-0.39, 0.29) is 5.82 Å². The Bertz CT molecular complexity index is 540. The Morgan fingerprint density at radius 1 is 1.06 bits per heavy atom. The number of hydrogen-bond acceptors (Lipinski definition) is 1. The second kappa shape index (κ2) is 5.95. The SMILES string of the molecule is OC(Cc1cccc(F)c1Br)c1ccc(Br)cc1. The first-order valence-corrected chi connectivity index (χ1v) is 7.03. The van der Waals surface area contributed by atoms with Gasteiger partial charge in [-0.05, 0) is 45.3 Å². The van der Waals surface area contributed by atoms with Crippen molar-refractivity contribution in [2.24, 2.45) is 0 Å². The van der Waals surface area contributed by atoms with Gasteiger partial charge in [-0.15, -0.1) is 0 Å². The number of hydrogen-bond donors (Lipinski definition) is 1. The van der Waals surface area contributed by atoms with Gasteiger partial charge in [0.05, 0.1) is 10.6 Å². The third kappa shape index (κ3) is 3.19. The van der Waals surface area contributed by atoms with Crippen molar-refractivity contribution in [1.82, 2.24) is 0 Å². The van der Waals surface area contributed by atoms with E-state index in [4.69, 9.17) is 0 Å². The third-order valence-electron chi connectivity index (χ3n) is 2.70. The molecule has 0 aromatic heterocycles. The first-order valence-electron chi connectivity index (χ1n) is 5.44. The van der Waals surface area contributed by atoms with Crippen LogP contribution in [0, 0.1) is 5.82 Å².